The van der Waals surface area contributed by atoms with Crippen molar-refractivity contribution in [2.24, 2.45) is 0 Å². The normalized spacial score (nSPS) is 9.40. The molecule has 0 fully saturated rings. The molecule has 0 saturated carbocycles. The lowest BCUT2D eigenvalue weighted by atomic mass is 10.4. The summed E-state index contributed by atoms with van der Waals surface area (Å²) in [5, 5.41) is 8.39. The Balaban J connectivity index is 3.22. The van der Waals surface area contributed by atoms with Crippen molar-refractivity contribution in [2.75, 3.05) is 5.48 Å². The van der Waals surface area contributed by atoms with E-state index in [0.717, 1.165) is 0 Å². The number of aromatic amines is 1. The van der Waals surface area contributed by atoms with E-state index in [1.165, 1.54) is 6.20 Å². The van der Waals surface area contributed by atoms with Gasteiger partial charge in [0.15, 0.2) is 0 Å². The first-order valence-corrected chi connectivity index (χ1v) is 2.70. The van der Waals surface area contributed by atoms with E-state index >= 15 is 0 Å². The first kappa shape index (κ1) is 6.76. The fourth-order valence-corrected chi connectivity index (χ4v) is 0.574. The predicted molar refractivity (Wildman–Crippen MR) is 35.0 cm³/mol. The van der Waals surface area contributed by atoms with Crippen molar-refractivity contribution in [3.63, 3.8) is 0 Å². The molecule has 3 N–H and O–H groups in total. The van der Waals surface area contributed by atoms with Crippen molar-refractivity contribution in [1.29, 1.82) is 0 Å². The summed E-state index contributed by atoms with van der Waals surface area (Å²) in [5.41, 5.74) is 2.04. The Morgan fingerprint density at radius 2 is 2.50 bits per heavy atom. The summed E-state index contributed by atoms with van der Waals surface area (Å²) in [6.45, 7) is 1.71. The van der Waals surface area contributed by atoms with Crippen LogP contribution in [0.3, 0.4) is 0 Å². The minimum atomic E-state index is -0.484. The lowest BCUT2D eigenvalue weighted by molar-refractivity contribution is 0.385. The molecule has 5 heteroatoms. The fraction of sp³-hybridized carbons (Fsp3) is 0.200. The summed E-state index contributed by atoms with van der Waals surface area (Å²) in [4.78, 5) is 16.2. The SMILES string of the molecule is Cc1cnc(=O)[nH]c1NO. The second kappa shape index (κ2) is 2.49. The molecule has 0 spiro atoms. The molecule has 1 rings (SSSR count). The van der Waals surface area contributed by atoms with Gasteiger partial charge in [0.1, 0.15) is 5.82 Å². The lowest BCUT2D eigenvalue weighted by Crippen LogP contribution is -2.12. The number of H-pyrrole nitrogens is 1. The molecule has 10 heavy (non-hydrogen) atoms. The van der Waals surface area contributed by atoms with Gasteiger partial charge >= 0.3 is 5.69 Å². The van der Waals surface area contributed by atoms with Gasteiger partial charge in [-0.05, 0) is 6.92 Å². The highest BCUT2D eigenvalue weighted by atomic mass is 16.5. The number of nitrogens with zero attached hydrogens (tertiary/aromatic N) is 1. The third-order valence-electron chi connectivity index (χ3n) is 1.11. The molecule has 0 atom stereocenters. The van der Waals surface area contributed by atoms with Gasteiger partial charge in [-0.1, -0.05) is 0 Å². The van der Waals surface area contributed by atoms with Crippen molar-refractivity contribution in [1.82, 2.24) is 9.97 Å². The molecule has 1 aromatic rings. The second-order valence-corrected chi connectivity index (χ2v) is 1.86. The smallest absolute Gasteiger partial charge is 0.290 e. The van der Waals surface area contributed by atoms with Gasteiger partial charge in [0, 0.05) is 11.8 Å². The van der Waals surface area contributed by atoms with Gasteiger partial charge in [-0.3, -0.25) is 15.7 Å². The van der Waals surface area contributed by atoms with Crippen molar-refractivity contribution in [3.8, 4) is 0 Å². The molecule has 0 bridgehead atoms. The van der Waals surface area contributed by atoms with Crippen LogP contribution in [0.15, 0.2) is 11.0 Å². The number of hydrogen-bond acceptors (Lipinski definition) is 4. The number of anilines is 1. The Bertz CT molecular complexity index is 280. The molecular formula is C5H7N3O2. The molecule has 1 aromatic heterocycles. The summed E-state index contributed by atoms with van der Waals surface area (Å²) < 4.78 is 0. The minimum absolute atomic E-state index is 0.278. The van der Waals surface area contributed by atoms with E-state index in [4.69, 9.17) is 5.21 Å². The van der Waals surface area contributed by atoms with Crippen LogP contribution < -0.4 is 11.2 Å². The van der Waals surface area contributed by atoms with Crippen molar-refractivity contribution < 1.29 is 5.21 Å². The van der Waals surface area contributed by atoms with E-state index in [2.05, 4.69) is 9.97 Å². The second-order valence-electron chi connectivity index (χ2n) is 1.86. The molecule has 0 unspecified atom stereocenters. The highest BCUT2D eigenvalue weighted by Gasteiger charge is 1.95. The lowest BCUT2D eigenvalue weighted by Gasteiger charge is -1.99. The van der Waals surface area contributed by atoms with Gasteiger partial charge in [-0.25, -0.2) is 9.78 Å². The van der Waals surface area contributed by atoms with Gasteiger partial charge in [0.2, 0.25) is 0 Å². The van der Waals surface area contributed by atoms with E-state index in [9.17, 15) is 4.79 Å². The molecule has 5 nitrogen and oxygen atoms in total. The maximum atomic E-state index is 10.5. The van der Waals surface area contributed by atoms with Crippen LogP contribution in [0.1, 0.15) is 5.56 Å². The van der Waals surface area contributed by atoms with E-state index in [1.807, 2.05) is 5.48 Å². The number of aryl methyl sites for hydroxylation is 1. The maximum Gasteiger partial charge on any atom is 0.346 e. The van der Waals surface area contributed by atoms with Crippen molar-refractivity contribution >= 4 is 5.82 Å². The summed E-state index contributed by atoms with van der Waals surface area (Å²) in [5.74, 6) is 0.278. The van der Waals surface area contributed by atoms with Gasteiger partial charge in [-0.15, -0.1) is 0 Å². The maximum absolute atomic E-state index is 10.5. The van der Waals surface area contributed by atoms with Gasteiger partial charge < -0.3 is 0 Å². The van der Waals surface area contributed by atoms with Crippen LogP contribution in [0.4, 0.5) is 5.82 Å². The van der Waals surface area contributed by atoms with Crippen molar-refractivity contribution in [3.05, 3.63) is 22.2 Å². The summed E-state index contributed by atoms with van der Waals surface area (Å²) >= 11 is 0. The molecule has 0 amide bonds. The van der Waals surface area contributed by atoms with E-state index in [-0.39, 0.29) is 5.82 Å². The largest absolute Gasteiger partial charge is 0.346 e. The van der Waals surface area contributed by atoms with E-state index < -0.39 is 5.69 Å². The third kappa shape index (κ3) is 1.14. The van der Waals surface area contributed by atoms with Gasteiger partial charge in [-0.2, -0.15) is 0 Å². The average Bonchev–Trinajstić information content (AvgIpc) is 1.94. The zero-order chi connectivity index (χ0) is 7.56. The summed E-state index contributed by atoms with van der Waals surface area (Å²) in [6.07, 6.45) is 1.37. The van der Waals surface area contributed by atoms with Crippen LogP contribution in [0, 0.1) is 6.92 Å². The standard InChI is InChI=1S/C5H7N3O2/c1-3-2-6-5(9)7-4(3)8-10/h2,10H,1H3,(H2,6,7,8,9). The zero-order valence-electron chi connectivity index (χ0n) is 5.38. The summed E-state index contributed by atoms with van der Waals surface area (Å²) in [7, 11) is 0. The van der Waals surface area contributed by atoms with Crippen LogP contribution in [-0.4, -0.2) is 15.2 Å². The number of hydrogen-bond donors (Lipinski definition) is 3. The zero-order valence-corrected chi connectivity index (χ0v) is 5.38. The Labute approximate surface area is 56.7 Å². The fourth-order valence-electron chi connectivity index (χ4n) is 0.574. The van der Waals surface area contributed by atoms with Crippen LogP contribution in [0.5, 0.6) is 0 Å². The molecule has 1 heterocycles. The molecular weight excluding hydrogens is 134 g/mol. The Morgan fingerprint density at radius 3 is 3.00 bits per heavy atom. The van der Waals surface area contributed by atoms with Crippen LogP contribution >= 0.6 is 0 Å². The van der Waals surface area contributed by atoms with Crippen LogP contribution in [-0.2, 0) is 0 Å². The van der Waals surface area contributed by atoms with Crippen LogP contribution in [0.2, 0.25) is 0 Å². The quantitative estimate of drug-likeness (QED) is 0.476. The number of rotatable bonds is 1. The third-order valence-corrected chi connectivity index (χ3v) is 1.11. The summed E-state index contributed by atoms with van der Waals surface area (Å²) in [6, 6.07) is 0. The molecule has 0 aromatic carbocycles. The van der Waals surface area contributed by atoms with E-state index in [0.29, 0.717) is 5.56 Å². The van der Waals surface area contributed by atoms with Crippen LogP contribution in [0.25, 0.3) is 0 Å². The molecule has 0 saturated heterocycles. The highest BCUT2D eigenvalue weighted by molar-refractivity contribution is 5.37. The monoisotopic (exact) mass is 141 g/mol. The number of nitrogens with one attached hydrogen (secondary N) is 2. The topological polar surface area (TPSA) is 78.0 Å². The Morgan fingerprint density at radius 1 is 1.80 bits per heavy atom. The Hall–Kier alpha value is -1.36. The molecule has 0 aliphatic carbocycles. The molecule has 0 aliphatic rings. The predicted octanol–water partition coefficient (Wildman–Crippen LogP) is -0.121. The van der Waals surface area contributed by atoms with Gasteiger partial charge in [0.05, 0.1) is 0 Å². The Kier molecular flexibility index (Phi) is 1.68. The molecule has 0 aliphatic heterocycles. The first-order chi connectivity index (χ1) is 4.74. The van der Waals surface area contributed by atoms with Gasteiger partial charge in [0.25, 0.3) is 0 Å². The van der Waals surface area contributed by atoms with Crippen molar-refractivity contribution in [2.45, 2.75) is 6.92 Å². The molecule has 0 radical (unpaired) electrons. The first-order valence-electron chi connectivity index (χ1n) is 2.70. The number of aromatic nitrogens is 2. The van der Waals surface area contributed by atoms with E-state index in [1.54, 1.807) is 6.92 Å². The minimum Gasteiger partial charge on any atom is -0.290 e. The highest BCUT2D eigenvalue weighted by Crippen LogP contribution is 2.02. The average molecular weight is 141 g/mol. The molecule has 54 valence electrons.